The first-order chi connectivity index (χ1) is 18.6. The SMILES string of the molecule is CCCCC1=NC2(CCCC2)C(=O)N1Cc1ccc(-c2ccccc2S(=O)(=O)NC(=O)C(S)CC(C)C)cc1. The van der Waals surface area contributed by atoms with Crippen LogP contribution < -0.4 is 4.72 Å². The number of rotatable bonds is 11. The van der Waals surface area contributed by atoms with Gasteiger partial charge in [0.25, 0.3) is 15.9 Å². The lowest BCUT2D eigenvalue weighted by molar-refractivity contribution is -0.131. The van der Waals surface area contributed by atoms with E-state index in [0.717, 1.165) is 56.3 Å². The number of aliphatic imine (C=N–C) groups is 1. The molecular weight excluding hydrogens is 530 g/mol. The Hall–Kier alpha value is -2.65. The highest BCUT2D eigenvalue weighted by Gasteiger charge is 2.49. The predicted octanol–water partition coefficient (Wildman–Crippen LogP) is 5.75. The number of amides is 2. The van der Waals surface area contributed by atoms with E-state index in [1.54, 1.807) is 18.2 Å². The van der Waals surface area contributed by atoms with Gasteiger partial charge in [0.15, 0.2) is 0 Å². The number of thiol groups is 1. The highest BCUT2D eigenvalue weighted by atomic mass is 32.2. The van der Waals surface area contributed by atoms with Crippen LogP contribution in [0.1, 0.15) is 77.7 Å². The van der Waals surface area contributed by atoms with E-state index < -0.39 is 26.7 Å². The lowest BCUT2D eigenvalue weighted by Gasteiger charge is -2.23. The Labute approximate surface area is 237 Å². The van der Waals surface area contributed by atoms with Gasteiger partial charge in [-0.1, -0.05) is 82.5 Å². The molecule has 0 aromatic heterocycles. The first-order valence-corrected chi connectivity index (χ1v) is 15.9. The maximum absolute atomic E-state index is 13.5. The highest BCUT2D eigenvalue weighted by Crippen LogP contribution is 2.40. The minimum absolute atomic E-state index is 0.0306. The molecule has 9 heteroatoms. The van der Waals surface area contributed by atoms with Gasteiger partial charge in [-0.2, -0.15) is 12.6 Å². The summed E-state index contributed by atoms with van der Waals surface area (Å²) in [5.74, 6) is 0.579. The Morgan fingerprint density at radius 3 is 2.41 bits per heavy atom. The summed E-state index contributed by atoms with van der Waals surface area (Å²) in [4.78, 5) is 32.8. The zero-order valence-electron chi connectivity index (χ0n) is 23.0. The van der Waals surface area contributed by atoms with Crippen LogP contribution in [0.2, 0.25) is 0 Å². The van der Waals surface area contributed by atoms with Crippen LogP contribution in [0.15, 0.2) is 58.4 Å². The fraction of sp³-hybridized carbons (Fsp3) is 0.500. The molecule has 1 aliphatic heterocycles. The molecule has 1 heterocycles. The van der Waals surface area contributed by atoms with E-state index in [4.69, 9.17) is 4.99 Å². The summed E-state index contributed by atoms with van der Waals surface area (Å²) in [6, 6.07) is 14.2. The van der Waals surface area contributed by atoms with Gasteiger partial charge >= 0.3 is 0 Å². The quantitative estimate of drug-likeness (QED) is 0.337. The van der Waals surface area contributed by atoms with Crippen LogP contribution in [0.4, 0.5) is 0 Å². The van der Waals surface area contributed by atoms with Crippen molar-refractivity contribution in [1.82, 2.24) is 9.62 Å². The summed E-state index contributed by atoms with van der Waals surface area (Å²) in [7, 11) is -4.10. The molecule has 2 aliphatic rings. The lowest BCUT2D eigenvalue weighted by atomic mass is 9.98. The molecule has 1 aliphatic carbocycles. The number of nitrogens with zero attached hydrogens (tertiary/aromatic N) is 2. The Bertz CT molecular complexity index is 1330. The molecule has 7 nitrogen and oxygen atoms in total. The number of amidine groups is 1. The van der Waals surface area contributed by atoms with Crippen molar-refractivity contribution < 1.29 is 18.0 Å². The number of hydrogen-bond acceptors (Lipinski definition) is 6. The van der Waals surface area contributed by atoms with Crippen molar-refractivity contribution in [2.24, 2.45) is 10.9 Å². The molecule has 210 valence electrons. The van der Waals surface area contributed by atoms with Crippen molar-refractivity contribution in [3.8, 4) is 11.1 Å². The largest absolute Gasteiger partial charge is 0.294 e. The minimum Gasteiger partial charge on any atom is -0.294 e. The average Bonchev–Trinajstić information content (AvgIpc) is 3.48. The summed E-state index contributed by atoms with van der Waals surface area (Å²) in [6.45, 7) is 6.49. The molecule has 1 unspecified atom stereocenters. The van der Waals surface area contributed by atoms with Gasteiger partial charge in [0.05, 0.1) is 16.7 Å². The highest BCUT2D eigenvalue weighted by molar-refractivity contribution is 7.90. The standard InChI is InChI=1S/C30H39N3O4S2/c1-4-5-12-27-31-30(17-8-9-18-30)29(35)33(27)20-22-13-15-23(16-14-22)24-10-6-7-11-26(24)39(36,37)32-28(34)25(38)19-21(2)3/h6-7,10-11,13-16,21,25,38H,4-5,8-9,12,17-20H2,1-3H3,(H,32,34). The van der Waals surface area contributed by atoms with Gasteiger partial charge in [0.2, 0.25) is 5.91 Å². The molecule has 0 radical (unpaired) electrons. The maximum Gasteiger partial charge on any atom is 0.264 e. The fourth-order valence-corrected chi connectivity index (χ4v) is 7.24. The summed E-state index contributed by atoms with van der Waals surface area (Å²) in [5, 5.41) is -0.714. The molecule has 4 rings (SSSR count). The molecule has 1 saturated carbocycles. The molecule has 0 saturated heterocycles. The van der Waals surface area contributed by atoms with E-state index in [1.807, 2.05) is 43.0 Å². The number of carbonyl (C=O) groups excluding carboxylic acids is 2. The van der Waals surface area contributed by atoms with Gasteiger partial charge in [-0.05, 0) is 48.8 Å². The van der Waals surface area contributed by atoms with Gasteiger partial charge < -0.3 is 0 Å². The molecule has 1 fully saturated rings. The Morgan fingerprint density at radius 2 is 1.77 bits per heavy atom. The summed E-state index contributed by atoms with van der Waals surface area (Å²) in [5.41, 5.74) is 1.58. The monoisotopic (exact) mass is 569 g/mol. The van der Waals surface area contributed by atoms with Crippen LogP contribution in [-0.4, -0.2) is 41.8 Å². The van der Waals surface area contributed by atoms with Crippen LogP contribution in [0.25, 0.3) is 11.1 Å². The van der Waals surface area contributed by atoms with Crippen LogP contribution >= 0.6 is 12.6 Å². The zero-order chi connectivity index (χ0) is 28.2. The fourth-order valence-electron chi connectivity index (χ4n) is 5.42. The minimum atomic E-state index is -4.10. The van der Waals surface area contributed by atoms with Crippen molar-refractivity contribution in [1.29, 1.82) is 0 Å². The number of carbonyl (C=O) groups is 2. The van der Waals surface area contributed by atoms with Crippen molar-refractivity contribution in [3.05, 3.63) is 54.1 Å². The second-order valence-corrected chi connectivity index (χ2v) is 13.3. The van der Waals surface area contributed by atoms with Crippen LogP contribution in [0.3, 0.4) is 0 Å². The van der Waals surface area contributed by atoms with Gasteiger partial charge in [-0.15, -0.1) is 0 Å². The maximum atomic E-state index is 13.5. The molecule has 2 aromatic rings. The van der Waals surface area contributed by atoms with Crippen LogP contribution in [-0.2, 0) is 26.2 Å². The van der Waals surface area contributed by atoms with Crippen molar-refractivity contribution in [3.63, 3.8) is 0 Å². The smallest absolute Gasteiger partial charge is 0.264 e. The number of sulfonamides is 1. The van der Waals surface area contributed by atoms with Crippen molar-refractivity contribution in [2.75, 3.05) is 0 Å². The molecule has 1 N–H and O–H groups in total. The summed E-state index contributed by atoms with van der Waals surface area (Å²) >= 11 is 4.29. The van der Waals surface area contributed by atoms with Gasteiger partial charge in [-0.3, -0.25) is 19.5 Å². The number of benzene rings is 2. The van der Waals surface area contributed by atoms with E-state index in [2.05, 4.69) is 24.3 Å². The molecule has 2 aromatic carbocycles. The van der Waals surface area contributed by atoms with E-state index in [1.165, 1.54) is 6.07 Å². The molecule has 1 atom stereocenters. The third kappa shape index (κ3) is 6.57. The molecule has 39 heavy (non-hydrogen) atoms. The Balaban J connectivity index is 1.54. The molecular formula is C30H39N3O4S2. The lowest BCUT2D eigenvalue weighted by Crippen LogP contribution is -2.40. The normalized spacial score (nSPS) is 17.6. The predicted molar refractivity (Wildman–Crippen MR) is 158 cm³/mol. The van der Waals surface area contributed by atoms with E-state index >= 15 is 0 Å². The van der Waals surface area contributed by atoms with Crippen LogP contribution in [0, 0.1) is 5.92 Å². The van der Waals surface area contributed by atoms with E-state index in [-0.39, 0.29) is 16.7 Å². The molecule has 2 amide bonds. The van der Waals surface area contributed by atoms with E-state index in [0.29, 0.717) is 24.1 Å². The van der Waals surface area contributed by atoms with Gasteiger partial charge in [0, 0.05) is 12.0 Å². The molecule has 1 spiro atoms. The Morgan fingerprint density at radius 1 is 1.10 bits per heavy atom. The van der Waals surface area contributed by atoms with Crippen molar-refractivity contribution >= 4 is 40.3 Å². The first-order valence-electron chi connectivity index (χ1n) is 13.9. The number of nitrogens with one attached hydrogen (secondary N) is 1. The van der Waals surface area contributed by atoms with Gasteiger partial charge in [0.1, 0.15) is 11.4 Å². The number of unbranched alkanes of at least 4 members (excludes halogenated alkanes) is 1. The summed E-state index contributed by atoms with van der Waals surface area (Å²) < 4.78 is 28.6. The average molecular weight is 570 g/mol. The topological polar surface area (TPSA) is 95.9 Å². The Kier molecular flexibility index (Phi) is 9.21. The van der Waals surface area contributed by atoms with Gasteiger partial charge in [-0.25, -0.2) is 13.1 Å². The third-order valence-electron chi connectivity index (χ3n) is 7.50. The zero-order valence-corrected chi connectivity index (χ0v) is 24.7. The second kappa shape index (κ2) is 12.3. The van der Waals surface area contributed by atoms with E-state index in [9.17, 15) is 18.0 Å². The molecule has 0 bridgehead atoms. The second-order valence-electron chi connectivity index (χ2n) is 11.1. The first kappa shape index (κ1) is 29.3. The third-order valence-corrected chi connectivity index (χ3v) is 9.35. The van der Waals surface area contributed by atoms with Crippen molar-refractivity contribution in [2.45, 2.75) is 94.4 Å². The number of hydrogen-bond donors (Lipinski definition) is 2. The van der Waals surface area contributed by atoms with Crippen LogP contribution in [0.5, 0.6) is 0 Å². The summed E-state index contributed by atoms with van der Waals surface area (Å²) in [6.07, 6.45) is 7.02.